The van der Waals surface area contributed by atoms with Crippen LogP contribution in [0.5, 0.6) is 34.5 Å². The number of nitrogen functional groups attached to an aromatic ring is 1. The van der Waals surface area contributed by atoms with Crippen LogP contribution in [0.1, 0.15) is 121 Å². The van der Waals surface area contributed by atoms with Crippen molar-refractivity contribution in [1.29, 1.82) is 0 Å². The lowest BCUT2D eigenvalue weighted by molar-refractivity contribution is -0.118. The molecule has 2 unspecified atom stereocenters. The number of nitrogens with one attached hydrogen (secondary N) is 4. The van der Waals surface area contributed by atoms with Gasteiger partial charge >= 0.3 is 5.97 Å². The van der Waals surface area contributed by atoms with Crippen LogP contribution in [0.3, 0.4) is 0 Å². The van der Waals surface area contributed by atoms with Gasteiger partial charge in [-0.25, -0.2) is 23.5 Å². The van der Waals surface area contributed by atoms with Crippen LogP contribution in [0.25, 0.3) is 0 Å². The summed E-state index contributed by atoms with van der Waals surface area (Å²) in [7, 11) is 3.48. The number of ether oxygens (including phenoxy) is 6. The van der Waals surface area contributed by atoms with Crippen molar-refractivity contribution >= 4 is 68.3 Å². The van der Waals surface area contributed by atoms with Crippen molar-refractivity contribution in [3.05, 3.63) is 153 Å². The van der Waals surface area contributed by atoms with Gasteiger partial charge in [0, 0.05) is 99.0 Å². The molecule has 26 heteroatoms. The molecule has 12 rings (SSSR count). The molecule has 4 aromatic heterocycles. The van der Waals surface area contributed by atoms with Crippen molar-refractivity contribution in [3.8, 4) is 34.5 Å². The van der Waals surface area contributed by atoms with Gasteiger partial charge in [0.2, 0.25) is 11.8 Å². The summed E-state index contributed by atoms with van der Waals surface area (Å²) in [6.07, 6.45) is 16.2. The number of carbonyl (C=O) groups is 4. The molecule has 0 spiro atoms. The van der Waals surface area contributed by atoms with Crippen molar-refractivity contribution in [2.45, 2.75) is 114 Å². The number of carbonyl (C=O) groups excluding carboxylic acids is 3. The van der Waals surface area contributed by atoms with Gasteiger partial charge in [-0.1, -0.05) is 6.92 Å². The number of rotatable bonds is 19. The summed E-state index contributed by atoms with van der Waals surface area (Å²) in [5.74, 6) is -0.669. The molecule has 4 aromatic carbocycles. The van der Waals surface area contributed by atoms with Gasteiger partial charge in [0.15, 0.2) is 33.3 Å². The number of thiazole rings is 2. The minimum atomic E-state index is -1.35. The number of halogens is 2. The van der Waals surface area contributed by atoms with Crippen LogP contribution in [0.4, 0.5) is 30.7 Å². The van der Waals surface area contributed by atoms with Crippen LogP contribution < -0.4 is 45.9 Å². The third-order valence-electron chi connectivity index (χ3n) is 16.2. The lowest BCUT2D eigenvalue weighted by Gasteiger charge is -2.37. The molecule has 22 nitrogen and oxygen atoms in total. The van der Waals surface area contributed by atoms with Gasteiger partial charge in [0.1, 0.15) is 48.0 Å². The van der Waals surface area contributed by atoms with Gasteiger partial charge in [-0.3, -0.25) is 23.7 Å². The predicted octanol–water partition coefficient (Wildman–Crippen LogP) is 11.7. The lowest BCUT2D eigenvalue weighted by Crippen LogP contribution is -2.47. The molecule has 2 saturated heterocycles. The van der Waals surface area contributed by atoms with Gasteiger partial charge in [-0.05, 0) is 148 Å². The Balaban J connectivity index is 0.000000182. The number of nitrogens with zero attached hydrogens (tertiary/aromatic N) is 6. The van der Waals surface area contributed by atoms with E-state index in [9.17, 15) is 28.7 Å². The van der Waals surface area contributed by atoms with Gasteiger partial charge in [-0.2, -0.15) is 10.2 Å². The number of hydrogen-bond acceptors (Lipinski definition) is 18. The van der Waals surface area contributed by atoms with E-state index in [-0.39, 0.29) is 53.9 Å². The highest BCUT2D eigenvalue weighted by Crippen LogP contribution is 2.47. The third kappa shape index (κ3) is 17.0. The Hall–Kier alpha value is -8.82. The first kappa shape index (κ1) is 65.1. The molecule has 4 atom stereocenters. The van der Waals surface area contributed by atoms with Crippen molar-refractivity contribution in [2.24, 2.45) is 14.1 Å². The molecule has 4 aliphatic rings. The first-order valence-electron chi connectivity index (χ1n) is 30.1. The maximum atomic E-state index is 15.2. The zero-order chi connectivity index (χ0) is 64.1. The highest BCUT2D eigenvalue weighted by Gasteiger charge is 2.38. The fraction of sp³-hybridized carbons (Fsp3) is 0.385. The summed E-state index contributed by atoms with van der Waals surface area (Å²) in [4.78, 5) is 58.3. The average molecular weight is 1290 g/mol. The fourth-order valence-electron chi connectivity index (χ4n) is 11.4. The number of amides is 3. The predicted molar refractivity (Wildman–Crippen MR) is 340 cm³/mol. The molecule has 91 heavy (non-hydrogen) atoms. The monoisotopic (exact) mass is 1290 g/mol. The number of aromatic nitrogens is 6. The summed E-state index contributed by atoms with van der Waals surface area (Å²) >= 11 is 2.72. The van der Waals surface area contributed by atoms with E-state index in [1.807, 2.05) is 36.6 Å². The Labute approximate surface area is 532 Å². The Morgan fingerprint density at radius 2 is 1.23 bits per heavy atom. The number of benzene rings is 4. The molecule has 7 N–H and O–H groups in total. The Morgan fingerprint density at radius 1 is 0.670 bits per heavy atom. The van der Waals surface area contributed by atoms with Gasteiger partial charge in [-0.15, -0.1) is 22.7 Å². The summed E-state index contributed by atoms with van der Waals surface area (Å²) in [6, 6.07) is 18.7. The van der Waals surface area contributed by atoms with Crippen LogP contribution in [-0.2, 0) is 57.0 Å². The summed E-state index contributed by atoms with van der Waals surface area (Å²) in [6.45, 7) is 6.83. The number of aromatic carboxylic acids is 1. The zero-order valence-corrected chi connectivity index (χ0v) is 52.6. The minimum Gasteiger partial charge on any atom is -0.487 e. The molecular weight excluding hydrogens is 1210 g/mol. The molecule has 3 aliphatic heterocycles. The zero-order valence-electron chi connectivity index (χ0n) is 50.9. The number of fused-ring (bicyclic) bond motifs is 2. The normalized spacial score (nSPS) is 19.1. The van der Waals surface area contributed by atoms with E-state index < -0.39 is 40.0 Å². The fourth-order valence-corrected chi connectivity index (χ4v) is 12.5. The topological polar surface area (TPSA) is 279 Å². The maximum absolute atomic E-state index is 15.2. The molecule has 0 saturated carbocycles. The summed E-state index contributed by atoms with van der Waals surface area (Å²) in [5.41, 5.74) is 7.55. The molecule has 8 aromatic rings. The minimum absolute atomic E-state index is 0.0188. The van der Waals surface area contributed by atoms with Crippen molar-refractivity contribution in [1.82, 2.24) is 34.8 Å². The number of carboxylic acid groups (broad SMARTS) is 1. The largest absolute Gasteiger partial charge is 0.487 e. The number of carboxylic acids is 1. The van der Waals surface area contributed by atoms with Gasteiger partial charge < -0.3 is 60.5 Å². The maximum Gasteiger partial charge on any atom is 0.338 e. The molecule has 0 radical (unpaired) electrons. The van der Waals surface area contributed by atoms with E-state index in [0.717, 1.165) is 92.5 Å². The van der Waals surface area contributed by atoms with Gasteiger partial charge in [0.25, 0.3) is 5.91 Å². The van der Waals surface area contributed by atoms with Crippen molar-refractivity contribution in [2.75, 3.05) is 54.7 Å². The van der Waals surface area contributed by atoms with Crippen LogP contribution in [0, 0.1) is 11.6 Å². The van der Waals surface area contributed by atoms with Crippen molar-refractivity contribution in [3.63, 3.8) is 0 Å². The second-order valence-electron chi connectivity index (χ2n) is 23.0. The third-order valence-corrected chi connectivity index (χ3v) is 17.6. The van der Waals surface area contributed by atoms with E-state index in [4.69, 9.17) is 34.2 Å². The molecule has 480 valence electrons. The smallest absolute Gasteiger partial charge is 0.338 e. The lowest BCUT2D eigenvalue weighted by atomic mass is 9.69. The second kappa shape index (κ2) is 29.9. The highest BCUT2D eigenvalue weighted by molar-refractivity contribution is 7.14. The SMILES string of the molecule is C[C@]1(CC(=O)Nc2nccs2)CCCc2cc(OCC3CCCCO3)c(Oc3ccc(C(=O)O)c(F)c3)cc21.Cn1nccc1N.Cn1nccc1NC(=O)c1ccc(Oc2cc3c(cc2OCC2CCCCO2)CCN[C@]3(C)CC(=O)Nc2nccs2)cc1F. The number of hydrogen-bond donors (Lipinski definition) is 6. The van der Waals surface area contributed by atoms with Crippen LogP contribution in [-0.4, -0.2) is 104 Å². The van der Waals surface area contributed by atoms with E-state index in [1.165, 1.54) is 63.9 Å². The molecule has 1 aliphatic carbocycles. The van der Waals surface area contributed by atoms with E-state index in [1.54, 1.807) is 54.9 Å². The highest BCUT2D eigenvalue weighted by atomic mass is 32.1. The number of aryl methyl sites for hydroxylation is 3. The molecule has 7 heterocycles. The summed E-state index contributed by atoms with van der Waals surface area (Å²) in [5, 5.41) is 33.6. The van der Waals surface area contributed by atoms with Gasteiger partial charge in [0.05, 0.1) is 35.7 Å². The van der Waals surface area contributed by atoms with Crippen molar-refractivity contribution < 1.29 is 61.5 Å². The van der Waals surface area contributed by atoms with E-state index in [0.29, 0.717) is 77.9 Å². The Kier molecular flexibility index (Phi) is 21.4. The molecule has 0 bridgehead atoms. The van der Waals surface area contributed by atoms with Crippen LogP contribution in [0.15, 0.2) is 108 Å². The van der Waals surface area contributed by atoms with E-state index >= 15 is 4.39 Å². The first-order valence-corrected chi connectivity index (χ1v) is 31.8. The Bertz CT molecular complexity index is 3800. The first-order chi connectivity index (χ1) is 43.9. The number of anilines is 4. The second-order valence-corrected chi connectivity index (χ2v) is 24.8. The van der Waals surface area contributed by atoms with E-state index in [2.05, 4.69) is 48.4 Å². The Morgan fingerprint density at radius 3 is 1.73 bits per heavy atom. The van der Waals surface area contributed by atoms with Crippen LogP contribution >= 0.6 is 22.7 Å². The molecule has 3 amide bonds. The number of nitrogens with two attached hydrogens (primary N) is 1. The standard InChI is InChI=1S/C32H35FN6O5S.C29H31FN2O6S.C4H7N3/c1-32(18-29(40)38-31-34-12-14-45-31)24-17-27(26(15-20(24)8-10-35-32)43-19-22-5-3-4-13-42-22)44-21-6-7-23(25(33)16-21)30(41)37-28-9-11-36-39(28)2;1-29(16-26(33)32-28-31-10-12-39-28)9-4-5-18-13-24(37-17-20-6-2-3-11-36-20)25(15-22(18)29)38-19-7-8-21(27(34)35)23(30)14-19;1-7-4(5)2-3-6-7/h6-7,9,11-12,14-17,22,35H,3-5,8,10,13,18-19H2,1-2H3,(H,37,41)(H,34,38,40);7-8,10,12-15,20H,2-6,9,11,16-17H2,1H3,(H,34,35)(H,31,32,33);2-3H,5H2,1H3/t22?,32-;20?,29-;/m11./s1. The molecule has 2 fully saturated rings. The average Bonchev–Trinajstić information content (AvgIpc) is 2.02. The van der Waals surface area contributed by atoms with Crippen LogP contribution in [0.2, 0.25) is 0 Å². The summed E-state index contributed by atoms with van der Waals surface area (Å²) < 4.78 is 69.3. The molecular formula is C65H73F2N11O11S2. The quantitative estimate of drug-likeness (QED) is 0.0439.